The number of amides is 2. The van der Waals surface area contributed by atoms with Crippen molar-refractivity contribution in [2.45, 2.75) is 6.04 Å². The fourth-order valence-electron chi connectivity index (χ4n) is 2.31. The van der Waals surface area contributed by atoms with Crippen LogP contribution in [0, 0.1) is 0 Å². The monoisotopic (exact) mass is 355 g/mol. The molecule has 21 heavy (non-hydrogen) atoms. The molecule has 1 aromatic carbocycles. The standard InChI is InChI=1S/C14H18BrN3O3/c1-17(2)14(21)11-8-16-5-6-18(11)13(20)10-4-3-9(15)7-12(10)19/h3-4,7,11,16,19H,5-6,8H2,1-2H3. The fraction of sp³-hybridized carbons (Fsp3) is 0.429. The number of phenols is 1. The van der Waals surface area contributed by atoms with Crippen LogP contribution in [0.1, 0.15) is 10.4 Å². The van der Waals surface area contributed by atoms with E-state index < -0.39 is 6.04 Å². The highest BCUT2D eigenvalue weighted by atomic mass is 79.9. The van der Waals surface area contributed by atoms with E-state index in [-0.39, 0.29) is 23.1 Å². The summed E-state index contributed by atoms with van der Waals surface area (Å²) in [6, 6.07) is 4.17. The third-order valence-electron chi connectivity index (χ3n) is 3.42. The maximum absolute atomic E-state index is 12.6. The number of rotatable bonds is 2. The number of likely N-dealkylation sites (N-methyl/N-ethyl adjacent to an activating group) is 1. The van der Waals surface area contributed by atoms with Gasteiger partial charge in [0, 0.05) is 38.2 Å². The maximum atomic E-state index is 12.6. The molecule has 1 unspecified atom stereocenters. The molecule has 1 saturated heterocycles. The molecule has 1 atom stereocenters. The minimum Gasteiger partial charge on any atom is -0.507 e. The van der Waals surface area contributed by atoms with Gasteiger partial charge in [-0.1, -0.05) is 15.9 Å². The van der Waals surface area contributed by atoms with E-state index in [1.807, 2.05) is 0 Å². The molecule has 0 bridgehead atoms. The third-order valence-corrected chi connectivity index (χ3v) is 3.91. The average Bonchev–Trinajstić information content (AvgIpc) is 2.45. The Balaban J connectivity index is 2.28. The van der Waals surface area contributed by atoms with Crippen molar-refractivity contribution in [2.24, 2.45) is 0 Å². The zero-order valence-corrected chi connectivity index (χ0v) is 13.6. The lowest BCUT2D eigenvalue weighted by molar-refractivity contribution is -0.134. The van der Waals surface area contributed by atoms with Crippen LogP contribution in [-0.4, -0.2) is 66.5 Å². The molecular weight excluding hydrogens is 338 g/mol. The van der Waals surface area contributed by atoms with E-state index in [1.165, 1.54) is 15.9 Å². The molecule has 2 rings (SSSR count). The summed E-state index contributed by atoms with van der Waals surface area (Å²) in [5.74, 6) is -0.558. The number of hydrogen-bond acceptors (Lipinski definition) is 4. The summed E-state index contributed by atoms with van der Waals surface area (Å²) in [5.41, 5.74) is 0.205. The fourth-order valence-corrected chi connectivity index (χ4v) is 2.66. The van der Waals surface area contributed by atoms with Crippen LogP contribution in [0.4, 0.5) is 0 Å². The molecule has 7 heteroatoms. The van der Waals surface area contributed by atoms with Crippen LogP contribution in [0.15, 0.2) is 22.7 Å². The number of carbonyl (C=O) groups excluding carboxylic acids is 2. The summed E-state index contributed by atoms with van der Waals surface area (Å²) in [7, 11) is 3.33. The number of phenolic OH excluding ortho intramolecular Hbond substituents is 1. The van der Waals surface area contributed by atoms with Crippen molar-refractivity contribution in [1.29, 1.82) is 0 Å². The van der Waals surface area contributed by atoms with Crippen molar-refractivity contribution in [2.75, 3.05) is 33.7 Å². The van der Waals surface area contributed by atoms with Crippen LogP contribution in [0.5, 0.6) is 5.75 Å². The molecule has 0 saturated carbocycles. The lowest BCUT2D eigenvalue weighted by Crippen LogP contribution is -2.59. The van der Waals surface area contributed by atoms with Crippen molar-refractivity contribution in [1.82, 2.24) is 15.1 Å². The van der Waals surface area contributed by atoms with Crippen molar-refractivity contribution in [3.63, 3.8) is 0 Å². The smallest absolute Gasteiger partial charge is 0.258 e. The van der Waals surface area contributed by atoms with Gasteiger partial charge in [0.15, 0.2) is 0 Å². The van der Waals surface area contributed by atoms with Gasteiger partial charge in [-0.15, -0.1) is 0 Å². The van der Waals surface area contributed by atoms with Crippen LogP contribution >= 0.6 is 15.9 Å². The minimum absolute atomic E-state index is 0.0936. The van der Waals surface area contributed by atoms with E-state index in [2.05, 4.69) is 21.2 Å². The molecule has 1 aliphatic heterocycles. The van der Waals surface area contributed by atoms with E-state index in [0.717, 1.165) is 0 Å². The van der Waals surface area contributed by atoms with E-state index >= 15 is 0 Å². The second-order valence-electron chi connectivity index (χ2n) is 5.11. The Morgan fingerprint density at radius 2 is 2.14 bits per heavy atom. The summed E-state index contributed by atoms with van der Waals surface area (Å²) in [6.45, 7) is 1.47. The highest BCUT2D eigenvalue weighted by Crippen LogP contribution is 2.24. The molecule has 0 radical (unpaired) electrons. The van der Waals surface area contributed by atoms with Gasteiger partial charge in [0.2, 0.25) is 5.91 Å². The number of nitrogens with one attached hydrogen (secondary N) is 1. The Labute approximate surface area is 131 Å². The molecule has 2 amide bonds. The lowest BCUT2D eigenvalue weighted by Gasteiger charge is -2.36. The van der Waals surface area contributed by atoms with Gasteiger partial charge in [-0.3, -0.25) is 9.59 Å². The summed E-state index contributed by atoms with van der Waals surface area (Å²) >= 11 is 3.24. The topological polar surface area (TPSA) is 72.9 Å². The first-order valence-electron chi connectivity index (χ1n) is 6.63. The van der Waals surface area contributed by atoms with Crippen LogP contribution in [0.25, 0.3) is 0 Å². The number of piperazine rings is 1. The first kappa shape index (κ1) is 15.8. The predicted molar refractivity (Wildman–Crippen MR) is 82.2 cm³/mol. The Hall–Kier alpha value is -1.60. The van der Waals surface area contributed by atoms with Crippen molar-refractivity contribution in [3.05, 3.63) is 28.2 Å². The Morgan fingerprint density at radius 1 is 1.43 bits per heavy atom. The normalized spacial score (nSPS) is 18.4. The van der Waals surface area contributed by atoms with Gasteiger partial charge in [0.05, 0.1) is 5.56 Å². The van der Waals surface area contributed by atoms with E-state index in [9.17, 15) is 14.7 Å². The predicted octanol–water partition coefficient (Wildman–Crippen LogP) is 0.657. The zero-order chi connectivity index (χ0) is 15.6. The molecule has 0 spiro atoms. The van der Waals surface area contributed by atoms with Gasteiger partial charge in [0.1, 0.15) is 11.8 Å². The quantitative estimate of drug-likeness (QED) is 0.817. The van der Waals surface area contributed by atoms with Gasteiger partial charge in [0.25, 0.3) is 5.91 Å². The van der Waals surface area contributed by atoms with Crippen molar-refractivity contribution >= 4 is 27.7 Å². The third kappa shape index (κ3) is 3.36. The summed E-state index contributed by atoms with van der Waals surface area (Å²) in [6.07, 6.45) is 0. The van der Waals surface area contributed by atoms with Gasteiger partial charge in [-0.2, -0.15) is 0 Å². The first-order chi connectivity index (χ1) is 9.91. The molecule has 1 fully saturated rings. The molecule has 1 heterocycles. The molecule has 6 nitrogen and oxygen atoms in total. The van der Waals surface area contributed by atoms with Crippen LogP contribution in [-0.2, 0) is 4.79 Å². The molecule has 2 N–H and O–H groups in total. The van der Waals surface area contributed by atoms with E-state index in [4.69, 9.17) is 0 Å². The molecule has 1 aliphatic rings. The number of hydrogen-bond donors (Lipinski definition) is 2. The molecule has 114 valence electrons. The number of aromatic hydroxyl groups is 1. The lowest BCUT2D eigenvalue weighted by atomic mass is 10.1. The van der Waals surface area contributed by atoms with Crippen molar-refractivity contribution < 1.29 is 14.7 Å². The van der Waals surface area contributed by atoms with E-state index in [0.29, 0.717) is 24.1 Å². The first-order valence-corrected chi connectivity index (χ1v) is 7.42. The van der Waals surface area contributed by atoms with Gasteiger partial charge < -0.3 is 20.2 Å². The Kier molecular flexibility index (Phi) is 4.84. The van der Waals surface area contributed by atoms with Gasteiger partial charge in [-0.05, 0) is 18.2 Å². The molecule has 1 aromatic rings. The highest BCUT2D eigenvalue weighted by Gasteiger charge is 2.34. The number of nitrogens with zero attached hydrogens (tertiary/aromatic N) is 2. The zero-order valence-electron chi connectivity index (χ0n) is 12.0. The summed E-state index contributed by atoms with van der Waals surface area (Å²) < 4.78 is 0.692. The summed E-state index contributed by atoms with van der Waals surface area (Å²) in [4.78, 5) is 27.8. The summed E-state index contributed by atoms with van der Waals surface area (Å²) in [5, 5.41) is 13.1. The number of benzene rings is 1. The Bertz CT molecular complexity index is 562. The van der Waals surface area contributed by atoms with Crippen LogP contribution in [0.2, 0.25) is 0 Å². The minimum atomic E-state index is -0.552. The Morgan fingerprint density at radius 3 is 2.76 bits per heavy atom. The van der Waals surface area contributed by atoms with Gasteiger partial charge in [-0.25, -0.2) is 0 Å². The molecule has 0 aromatic heterocycles. The van der Waals surface area contributed by atoms with Crippen molar-refractivity contribution in [3.8, 4) is 5.75 Å². The second-order valence-corrected chi connectivity index (χ2v) is 6.03. The van der Waals surface area contributed by atoms with Crippen LogP contribution < -0.4 is 5.32 Å². The second kappa shape index (κ2) is 6.44. The SMILES string of the molecule is CN(C)C(=O)C1CNCCN1C(=O)c1ccc(Br)cc1O. The van der Waals surface area contributed by atoms with Crippen LogP contribution in [0.3, 0.4) is 0 Å². The number of carbonyl (C=O) groups is 2. The number of halogens is 1. The maximum Gasteiger partial charge on any atom is 0.258 e. The van der Waals surface area contributed by atoms with E-state index in [1.54, 1.807) is 26.2 Å². The largest absolute Gasteiger partial charge is 0.507 e. The highest BCUT2D eigenvalue weighted by molar-refractivity contribution is 9.10. The van der Waals surface area contributed by atoms with Gasteiger partial charge >= 0.3 is 0 Å². The average molecular weight is 356 g/mol. The molecule has 0 aliphatic carbocycles. The molecular formula is C14H18BrN3O3.